The zero-order valence-corrected chi connectivity index (χ0v) is 8.40. The van der Waals surface area contributed by atoms with Crippen molar-refractivity contribution in [3.05, 3.63) is 24.3 Å². The first-order valence-electron chi connectivity index (χ1n) is 4.71. The van der Waals surface area contributed by atoms with Gasteiger partial charge in [-0.25, -0.2) is 0 Å². The van der Waals surface area contributed by atoms with Gasteiger partial charge in [-0.15, -0.1) is 5.10 Å². The Kier molecular flexibility index (Phi) is 2.53. The summed E-state index contributed by atoms with van der Waals surface area (Å²) in [5, 5.41) is 6.53. The van der Waals surface area contributed by atoms with E-state index in [0.717, 1.165) is 11.3 Å². The average molecular weight is 204 g/mol. The monoisotopic (exact) mass is 204 g/mol. The summed E-state index contributed by atoms with van der Waals surface area (Å²) >= 11 is 0. The number of hydrogen-bond acceptors (Lipinski definition) is 4. The van der Waals surface area contributed by atoms with Crippen LogP contribution in [0.15, 0.2) is 24.3 Å². The molecule has 15 heavy (non-hydrogen) atoms. The van der Waals surface area contributed by atoms with Crippen LogP contribution in [0, 0.1) is 0 Å². The fraction of sp³-hybridized carbons (Fsp3) is 0.200. The summed E-state index contributed by atoms with van der Waals surface area (Å²) < 4.78 is 5.47. The summed E-state index contributed by atoms with van der Waals surface area (Å²) in [5.41, 5.74) is 6.31. The van der Waals surface area contributed by atoms with Crippen LogP contribution in [-0.4, -0.2) is 21.8 Å². The van der Waals surface area contributed by atoms with Crippen LogP contribution in [0.1, 0.15) is 6.92 Å². The normalized spacial score (nSPS) is 10.2. The SMILES string of the molecule is CCOc1ccccc1-c1nc(N)n[nH]1. The Hall–Kier alpha value is -2.04. The maximum atomic E-state index is 5.47. The second-order valence-corrected chi connectivity index (χ2v) is 2.97. The molecule has 2 rings (SSSR count). The number of H-pyrrole nitrogens is 1. The van der Waals surface area contributed by atoms with E-state index in [-0.39, 0.29) is 5.95 Å². The maximum Gasteiger partial charge on any atom is 0.239 e. The standard InChI is InChI=1S/C10H12N4O/c1-2-15-8-6-4-3-5-7(8)9-12-10(11)14-13-9/h3-6H,2H2,1H3,(H3,11,12,13,14). The summed E-state index contributed by atoms with van der Waals surface area (Å²) in [6.07, 6.45) is 0. The lowest BCUT2D eigenvalue weighted by Crippen LogP contribution is -1.94. The first kappa shape index (κ1) is 9.51. The highest BCUT2D eigenvalue weighted by molar-refractivity contribution is 5.64. The largest absolute Gasteiger partial charge is 0.493 e. The van der Waals surface area contributed by atoms with E-state index >= 15 is 0 Å². The molecule has 3 N–H and O–H groups in total. The van der Waals surface area contributed by atoms with Gasteiger partial charge in [-0.3, -0.25) is 5.10 Å². The van der Waals surface area contributed by atoms with E-state index < -0.39 is 0 Å². The Morgan fingerprint density at radius 1 is 1.40 bits per heavy atom. The molecule has 0 amide bonds. The second-order valence-electron chi connectivity index (χ2n) is 2.97. The van der Waals surface area contributed by atoms with Crippen LogP contribution in [0.4, 0.5) is 5.95 Å². The van der Waals surface area contributed by atoms with Gasteiger partial charge in [0.2, 0.25) is 5.95 Å². The molecule has 0 aliphatic carbocycles. The highest BCUT2D eigenvalue weighted by Crippen LogP contribution is 2.26. The summed E-state index contributed by atoms with van der Waals surface area (Å²) in [6.45, 7) is 2.55. The van der Waals surface area contributed by atoms with Gasteiger partial charge in [0.15, 0.2) is 5.82 Å². The Morgan fingerprint density at radius 3 is 2.87 bits per heavy atom. The lowest BCUT2D eigenvalue weighted by Gasteiger charge is -2.06. The molecule has 1 heterocycles. The number of nitrogens with zero attached hydrogens (tertiary/aromatic N) is 2. The molecule has 0 atom stereocenters. The van der Waals surface area contributed by atoms with Crippen molar-refractivity contribution in [3.8, 4) is 17.1 Å². The predicted octanol–water partition coefficient (Wildman–Crippen LogP) is 1.45. The smallest absolute Gasteiger partial charge is 0.239 e. The fourth-order valence-electron chi connectivity index (χ4n) is 1.34. The van der Waals surface area contributed by atoms with Crippen molar-refractivity contribution in [3.63, 3.8) is 0 Å². The third kappa shape index (κ3) is 1.90. The van der Waals surface area contributed by atoms with Gasteiger partial charge < -0.3 is 10.5 Å². The third-order valence-electron chi connectivity index (χ3n) is 1.94. The number of benzene rings is 1. The zero-order chi connectivity index (χ0) is 10.7. The van der Waals surface area contributed by atoms with E-state index in [2.05, 4.69) is 15.2 Å². The molecule has 2 aromatic rings. The number of ether oxygens (including phenoxy) is 1. The van der Waals surface area contributed by atoms with E-state index in [1.807, 2.05) is 31.2 Å². The molecule has 0 saturated carbocycles. The lowest BCUT2D eigenvalue weighted by atomic mass is 10.2. The van der Waals surface area contributed by atoms with Crippen molar-refractivity contribution in [2.24, 2.45) is 0 Å². The van der Waals surface area contributed by atoms with Crippen LogP contribution in [-0.2, 0) is 0 Å². The summed E-state index contributed by atoms with van der Waals surface area (Å²) in [4.78, 5) is 4.05. The molecule has 0 saturated heterocycles. The van der Waals surface area contributed by atoms with E-state index in [9.17, 15) is 0 Å². The molecule has 0 spiro atoms. The average Bonchev–Trinajstić information content (AvgIpc) is 2.66. The molecule has 0 fully saturated rings. The Morgan fingerprint density at radius 2 is 2.20 bits per heavy atom. The number of aromatic amines is 1. The molecule has 0 aliphatic rings. The second kappa shape index (κ2) is 4.00. The molecule has 5 nitrogen and oxygen atoms in total. The molecular formula is C10H12N4O. The van der Waals surface area contributed by atoms with Gasteiger partial charge in [0.05, 0.1) is 12.2 Å². The van der Waals surface area contributed by atoms with Crippen molar-refractivity contribution in [2.75, 3.05) is 12.3 Å². The van der Waals surface area contributed by atoms with Crippen LogP contribution < -0.4 is 10.5 Å². The molecular weight excluding hydrogens is 192 g/mol. The van der Waals surface area contributed by atoms with Gasteiger partial charge in [0.1, 0.15) is 5.75 Å². The van der Waals surface area contributed by atoms with E-state index in [1.54, 1.807) is 0 Å². The van der Waals surface area contributed by atoms with Crippen LogP contribution in [0.2, 0.25) is 0 Å². The molecule has 78 valence electrons. The first-order chi connectivity index (χ1) is 7.31. The topological polar surface area (TPSA) is 76.8 Å². The van der Waals surface area contributed by atoms with Crippen molar-refractivity contribution in [2.45, 2.75) is 6.92 Å². The summed E-state index contributed by atoms with van der Waals surface area (Å²) in [7, 11) is 0. The highest BCUT2D eigenvalue weighted by Gasteiger charge is 2.08. The predicted molar refractivity (Wildman–Crippen MR) is 57.4 cm³/mol. The van der Waals surface area contributed by atoms with Crippen LogP contribution in [0.5, 0.6) is 5.75 Å². The third-order valence-corrected chi connectivity index (χ3v) is 1.94. The van der Waals surface area contributed by atoms with Crippen molar-refractivity contribution in [1.82, 2.24) is 15.2 Å². The minimum absolute atomic E-state index is 0.233. The molecule has 5 heteroatoms. The van der Waals surface area contributed by atoms with E-state index in [4.69, 9.17) is 10.5 Å². The number of nitrogens with two attached hydrogens (primary N) is 1. The fourth-order valence-corrected chi connectivity index (χ4v) is 1.34. The van der Waals surface area contributed by atoms with Crippen LogP contribution in [0.25, 0.3) is 11.4 Å². The molecule has 0 unspecified atom stereocenters. The van der Waals surface area contributed by atoms with Gasteiger partial charge in [-0.05, 0) is 19.1 Å². The van der Waals surface area contributed by atoms with Crippen LogP contribution in [0.3, 0.4) is 0 Å². The maximum absolute atomic E-state index is 5.47. The number of anilines is 1. The Balaban J connectivity index is 2.42. The van der Waals surface area contributed by atoms with E-state index in [0.29, 0.717) is 12.4 Å². The number of para-hydroxylation sites is 1. The van der Waals surface area contributed by atoms with Crippen molar-refractivity contribution < 1.29 is 4.74 Å². The minimum atomic E-state index is 0.233. The number of hydrogen-bond donors (Lipinski definition) is 2. The van der Waals surface area contributed by atoms with Crippen molar-refractivity contribution in [1.29, 1.82) is 0 Å². The van der Waals surface area contributed by atoms with Gasteiger partial charge in [-0.1, -0.05) is 12.1 Å². The molecule has 1 aromatic carbocycles. The number of nitrogens with one attached hydrogen (secondary N) is 1. The number of nitrogen functional groups attached to an aromatic ring is 1. The van der Waals surface area contributed by atoms with Gasteiger partial charge in [0, 0.05) is 0 Å². The molecule has 0 aliphatic heterocycles. The Labute approximate surface area is 87.3 Å². The van der Waals surface area contributed by atoms with E-state index in [1.165, 1.54) is 0 Å². The Bertz CT molecular complexity index is 452. The summed E-state index contributed by atoms with van der Waals surface area (Å²) in [5.74, 6) is 1.63. The number of aromatic nitrogens is 3. The molecule has 1 aromatic heterocycles. The van der Waals surface area contributed by atoms with Gasteiger partial charge in [-0.2, -0.15) is 4.98 Å². The van der Waals surface area contributed by atoms with Gasteiger partial charge in [0.25, 0.3) is 0 Å². The van der Waals surface area contributed by atoms with Gasteiger partial charge >= 0.3 is 0 Å². The summed E-state index contributed by atoms with van der Waals surface area (Å²) in [6, 6.07) is 7.62. The minimum Gasteiger partial charge on any atom is -0.493 e. The quantitative estimate of drug-likeness (QED) is 0.793. The van der Waals surface area contributed by atoms with Crippen molar-refractivity contribution >= 4 is 5.95 Å². The van der Waals surface area contributed by atoms with Crippen LogP contribution >= 0.6 is 0 Å². The highest BCUT2D eigenvalue weighted by atomic mass is 16.5. The first-order valence-corrected chi connectivity index (χ1v) is 4.71. The molecule has 0 radical (unpaired) electrons. The molecule has 0 bridgehead atoms. The number of rotatable bonds is 3. The lowest BCUT2D eigenvalue weighted by molar-refractivity contribution is 0.341. The zero-order valence-electron chi connectivity index (χ0n) is 8.40.